The molecule has 2 N–H and O–H groups in total. The lowest BCUT2D eigenvalue weighted by Crippen LogP contribution is -2.59. The molecule has 0 radical (unpaired) electrons. The van der Waals surface area contributed by atoms with Crippen molar-refractivity contribution in [2.24, 2.45) is 11.1 Å². The number of nitrogens with two attached hydrogens (primary N) is 1. The van der Waals surface area contributed by atoms with Crippen LogP contribution in [0, 0.1) is 5.41 Å². The minimum absolute atomic E-state index is 0.0387. The highest BCUT2D eigenvalue weighted by Crippen LogP contribution is 2.23. The molecule has 0 aliphatic carbocycles. The van der Waals surface area contributed by atoms with Crippen LogP contribution in [0.3, 0.4) is 0 Å². The molecule has 0 saturated carbocycles. The molecule has 1 aliphatic heterocycles. The van der Waals surface area contributed by atoms with Crippen molar-refractivity contribution in [1.29, 1.82) is 0 Å². The van der Waals surface area contributed by atoms with E-state index in [1.807, 2.05) is 4.90 Å². The zero-order valence-electron chi connectivity index (χ0n) is 11.4. The molecular weight excluding hydrogens is 234 g/mol. The maximum Gasteiger partial charge on any atom is 0.235 e. The number of hydrogen-bond donors (Lipinski definition) is 1. The number of carbonyl (C=O) groups is 1. The van der Waals surface area contributed by atoms with Crippen LogP contribution in [0.15, 0.2) is 0 Å². The van der Waals surface area contributed by atoms with Gasteiger partial charge in [-0.2, -0.15) is 0 Å². The summed E-state index contributed by atoms with van der Waals surface area (Å²) in [5.41, 5.74) is 4.90. The quantitative estimate of drug-likeness (QED) is 0.745. The average Bonchev–Trinajstić information content (AvgIpc) is 2.23. The number of thiocarbonyl (C=S) groups is 1. The smallest absolute Gasteiger partial charge is 0.235 e. The number of piperazine rings is 1. The molecule has 2 unspecified atom stereocenters. The molecule has 1 rings (SSSR count). The van der Waals surface area contributed by atoms with E-state index in [1.54, 1.807) is 13.8 Å². The van der Waals surface area contributed by atoms with Crippen molar-refractivity contribution >= 4 is 23.1 Å². The van der Waals surface area contributed by atoms with Gasteiger partial charge in [-0.25, -0.2) is 0 Å². The molecule has 5 heteroatoms. The van der Waals surface area contributed by atoms with Crippen molar-refractivity contribution in [2.45, 2.75) is 39.8 Å². The first-order valence-electron chi connectivity index (χ1n) is 5.99. The second-order valence-corrected chi connectivity index (χ2v) is 6.00. The van der Waals surface area contributed by atoms with Crippen LogP contribution in [-0.2, 0) is 4.79 Å². The first-order valence-corrected chi connectivity index (χ1v) is 6.40. The summed E-state index contributed by atoms with van der Waals surface area (Å²) in [6.45, 7) is 9.33. The van der Waals surface area contributed by atoms with Crippen LogP contribution in [0.4, 0.5) is 0 Å². The molecule has 0 aromatic heterocycles. The third-order valence-electron chi connectivity index (χ3n) is 3.80. The van der Waals surface area contributed by atoms with Crippen LogP contribution in [0.25, 0.3) is 0 Å². The van der Waals surface area contributed by atoms with Gasteiger partial charge in [0.1, 0.15) is 0 Å². The minimum atomic E-state index is -0.745. The average molecular weight is 257 g/mol. The number of nitrogens with zero attached hydrogens (tertiary/aromatic N) is 2. The SMILES string of the molecule is CC1CN(C(=O)C(C)(C)C(N)=S)CC(C)N1C. The monoisotopic (exact) mass is 257 g/mol. The fraction of sp³-hybridized carbons (Fsp3) is 0.833. The summed E-state index contributed by atoms with van der Waals surface area (Å²) in [4.78, 5) is 16.8. The second kappa shape index (κ2) is 4.90. The van der Waals surface area contributed by atoms with Crippen LogP contribution in [0.5, 0.6) is 0 Å². The van der Waals surface area contributed by atoms with Crippen molar-refractivity contribution in [2.75, 3.05) is 20.1 Å². The molecule has 0 spiro atoms. The Morgan fingerprint density at radius 3 is 2.06 bits per heavy atom. The highest BCUT2D eigenvalue weighted by atomic mass is 32.1. The lowest BCUT2D eigenvalue weighted by Gasteiger charge is -2.44. The predicted octanol–water partition coefficient (Wildman–Crippen LogP) is 0.850. The summed E-state index contributed by atoms with van der Waals surface area (Å²) in [6, 6.07) is 0.731. The summed E-state index contributed by atoms with van der Waals surface area (Å²) in [5, 5.41) is 0. The number of likely N-dealkylation sites (N-methyl/N-ethyl adjacent to an activating group) is 1. The van der Waals surface area contributed by atoms with Gasteiger partial charge in [0.2, 0.25) is 5.91 Å². The van der Waals surface area contributed by atoms with E-state index >= 15 is 0 Å². The molecule has 0 bridgehead atoms. The van der Waals surface area contributed by atoms with E-state index in [1.165, 1.54) is 0 Å². The van der Waals surface area contributed by atoms with E-state index < -0.39 is 5.41 Å². The summed E-state index contributed by atoms with van der Waals surface area (Å²) in [7, 11) is 2.09. The summed E-state index contributed by atoms with van der Waals surface area (Å²) in [5.74, 6) is 0.0387. The lowest BCUT2D eigenvalue weighted by atomic mass is 9.90. The molecule has 4 nitrogen and oxygen atoms in total. The Kier molecular flexibility index (Phi) is 4.15. The Labute approximate surface area is 109 Å². The van der Waals surface area contributed by atoms with Crippen LogP contribution in [-0.4, -0.2) is 52.9 Å². The van der Waals surface area contributed by atoms with Gasteiger partial charge in [0.25, 0.3) is 0 Å². The molecular formula is C12H23N3OS. The summed E-state index contributed by atoms with van der Waals surface area (Å²) < 4.78 is 0. The number of rotatable bonds is 2. The molecule has 17 heavy (non-hydrogen) atoms. The third kappa shape index (κ3) is 2.77. The maximum absolute atomic E-state index is 12.4. The zero-order chi connectivity index (χ0) is 13.4. The van der Waals surface area contributed by atoms with Gasteiger partial charge in [0.15, 0.2) is 0 Å². The molecule has 2 atom stereocenters. The Balaban J connectivity index is 2.82. The largest absolute Gasteiger partial charge is 0.392 e. The first-order chi connectivity index (χ1) is 7.67. The van der Waals surface area contributed by atoms with Crippen LogP contribution in [0.2, 0.25) is 0 Å². The molecule has 1 saturated heterocycles. The van der Waals surface area contributed by atoms with E-state index in [9.17, 15) is 4.79 Å². The Hall–Kier alpha value is -0.680. The van der Waals surface area contributed by atoms with E-state index in [4.69, 9.17) is 18.0 Å². The Morgan fingerprint density at radius 1 is 1.29 bits per heavy atom. The standard InChI is InChI=1S/C12H23N3OS/c1-8-6-15(7-9(2)14(8)5)11(16)12(3,4)10(13)17/h8-9H,6-7H2,1-5H3,(H2,13,17). The van der Waals surface area contributed by atoms with Crippen molar-refractivity contribution in [3.05, 3.63) is 0 Å². The molecule has 0 aromatic rings. The fourth-order valence-electron chi connectivity index (χ4n) is 2.07. The van der Waals surface area contributed by atoms with Crippen molar-refractivity contribution in [3.8, 4) is 0 Å². The van der Waals surface area contributed by atoms with Crippen molar-refractivity contribution < 1.29 is 4.79 Å². The molecule has 1 aliphatic rings. The van der Waals surface area contributed by atoms with Gasteiger partial charge in [-0.15, -0.1) is 0 Å². The van der Waals surface area contributed by atoms with Gasteiger partial charge in [-0.05, 0) is 34.7 Å². The normalized spacial score (nSPS) is 27.0. The molecule has 0 aromatic carbocycles. The topological polar surface area (TPSA) is 49.6 Å². The van der Waals surface area contributed by atoms with Crippen molar-refractivity contribution in [1.82, 2.24) is 9.80 Å². The van der Waals surface area contributed by atoms with Crippen LogP contribution in [0.1, 0.15) is 27.7 Å². The minimum Gasteiger partial charge on any atom is -0.392 e. The fourth-order valence-corrected chi connectivity index (χ4v) is 2.16. The van der Waals surface area contributed by atoms with Crippen LogP contribution < -0.4 is 5.73 Å². The highest BCUT2D eigenvalue weighted by molar-refractivity contribution is 7.80. The van der Waals surface area contributed by atoms with E-state index in [-0.39, 0.29) is 10.9 Å². The molecule has 1 amide bonds. The van der Waals surface area contributed by atoms with Gasteiger partial charge in [-0.3, -0.25) is 9.69 Å². The van der Waals surface area contributed by atoms with Gasteiger partial charge in [-0.1, -0.05) is 12.2 Å². The van der Waals surface area contributed by atoms with E-state index in [0.717, 1.165) is 13.1 Å². The van der Waals surface area contributed by atoms with Gasteiger partial charge >= 0.3 is 0 Å². The van der Waals surface area contributed by atoms with Gasteiger partial charge in [0.05, 0.1) is 10.4 Å². The summed E-state index contributed by atoms with van der Waals surface area (Å²) in [6.07, 6.45) is 0. The number of hydrogen-bond acceptors (Lipinski definition) is 3. The van der Waals surface area contributed by atoms with Gasteiger partial charge < -0.3 is 10.6 Å². The molecule has 98 valence electrons. The first kappa shape index (κ1) is 14.4. The Morgan fingerprint density at radius 2 is 1.71 bits per heavy atom. The lowest BCUT2D eigenvalue weighted by molar-refractivity contribution is -0.140. The summed E-state index contributed by atoms with van der Waals surface area (Å²) >= 11 is 4.98. The van der Waals surface area contributed by atoms with E-state index in [2.05, 4.69) is 25.8 Å². The van der Waals surface area contributed by atoms with Gasteiger partial charge in [0, 0.05) is 25.2 Å². The van der Waals surface area contributed by atoms with Crippen molar-refractivity contribution in [3.63, 3.8) is 0 Å². The maximum atomic E-state index is 12.4. The second-order valence-electron chi connectivity index (χ2n) is 5.56. The molecule has 1 fully saturated rings. The number of amides is 1. The van der Waals surface area contributed by atoms with E-state index in [0.29, 0.717) is 12.1 Å². The highest BCUT2D eigenvalue weighted by Gasteiger charge is 2.38. The predicted molar refractivity (Wildman–Crippen MR) is 73.8 cm³/mol. The zero-order valence-corrected chi connectivity index (χ0v) is 12.2. The third-order valence-corrected chi connectivity index (χ3v) is 4.31. The Bertz CT molecular complexity index is 318. The molecule has 1 heterocycles. The number of carbonyl (C=O) groups excluding carboxylic acids is 1. The van der Waals surface area contributed by atoms with Crippen LogP contribution >= 0.6 is 12.2 Å².